The minimum atomic E-state index is -3.73. The molecule has 0 bridgehead atoms. The van der Waals surface area contributed by atoms with Crippen molar-refractivity contribution in [2.75, 3.05) is 6.54 Å². The Kier molecular flexibility index (Phi) is 5.11. The van der Waals surface area contributed by atoms with Gasteiger partial charge in [0.2, 0.25) is 15.9 Å². The van der Waals surface area contributed by atoms with Crippen LogP contribution in [-0.4, -0.2) is 48.7 Å². The third-order valence-corrected chi connectivity index (χ3v) is 8.85. The van der Waals surface area contributed by atoms with Gasteiger partial charge < -0.3 is 15.7 Å². The average molecular weight is 470 g/mol. The minimum Gasteiger partial charge on any atom is -0.384 e. The topological polar surface area (TPSA) is 125 Å². The highest BCUT2D eigenvalue weighted by Crippen LogP contribution is 2.45. The first-order valence-electron chi connectivity index (χ1n) is 11.1. The smallest absolute Gasteiger partial charge is 0.259 e. The molecule has 4 N–H and O–H groups in total. The van der Waals surface area contributed by atoms with Gasteiger partial charge in [-0.2, -0.15) is 0 Å². The molecular formula is C24H27N3O5S. The van der Waals surface area contributed by atoms with Crippen molar-refractivity contribution in [2.24, 2.45) is 5.92 Å². The number of rotatable bonds is 7. The molecule has 2 aliphatic carbocycles. The van der Waals surface area contributed by atoms with Crippen molar-refractivity contribution in [1.82, 2.24) is 15.4 Å². The summed E-state index contributed by atoms with van der Waals surface area (Å²) in [7, 11) is -3.73. The van der Waals surface area contributed by atoms with Crippen molar-refractivity contribution in [3.63, 3.8) is 0 Å². The van der Waals surface area contributed by atoms with E-state index < -0.39 is 44.3 Å². The molecule has 3 fully saturated rings. The molecule has 2 saturated carbocycles. The Labute approximate surface area is 192 Å². The van der Waals surface area contributed by atoms with Crippen molar-refractivity contribution in [2.45, 2.75) is 48.1 Å². The molecule has 1 saturated heterocycles. The zero-order chi connectivity index (χ0) is 23.4. The number of benzene rings is 2. The molecule has 5 rings (SSSR count). The van der Waals surface area contributed by atoms with Gasteiger partial charge in [0.25, 0.3) is 5.91 Å². The lowest BCUT2D eigenvalue weighted by Gasteiger charge is -2.24. The molecule has 33 heavy (non-hydrogen) atoms. The number of aliphatic hydroxyl groups is 1. The summed E-state index contributed by atoms with van der Waals surface area (Å²) in [4.78, 5) is 25.9. The van der Waals surface area contributed by atoms with Crippen LogP contribution in [-0.2, 0) is 25.2 Å². The summed E-state index contributed by atoms with van der Waals surface area (Å²) in [5.41, 5.74) is -1.85. The fourth-order valence-corrected chi connectivity index (χ4v) is 6.05. The number of carbonyl (C=O) groups excluding carboxylic acids is 2. The number of nitrogens with one attached hydrogen (secondary N) is 3. The number of sulfonamides is 1. The van der Waals surface area contributed by atoms with Crippen molar-refractivity contribution < 1.29 is 23.1 Å². The lowest BCUT2D eigenvalue weighted by Crippen LogP contribution is -2.55. The average Bonchev–Trinajstić information content (AvgIpc) is 3.71. The third-order valence-electron chi connectivity index (χ3n) is 7.03. The third kappa shape index (κ3) is 3.94. The van der Waals surface area contributed by atoms with E-state index in [1.165, 1.54) is 0 Å². The molecule has 1 aliphatic heterocycles. The molecule has 9 heteroatoms. The molecular weight excluding hydrogens is 442 g/mol. The van der Waals surface area contributed by atoms with E-state index in [0.29, 0.717) is 18.4 Å². The van der Waals surface area contributed by atoms with Gasteiger partial charge in [0.15, 0.2) is 0 Å². The Morgan fingerprint density at radius 1 is 1.12 bits per heavy atom. The highest BCUT2D eigenvalue weighted by atomic mass is 32.2. The van der Waals surface area contributed by atoms with Crippen molar-refractivity contribution in [1.29, 1.82) is 0 Å². The SMILES string of the molecule is C=C[C@@H]1C[C@]1(NC(=O)[C@@H]1C[C@@](O)(c2ccc3ccccc3c2)CN1)C(=O)NS(=O)(=O)C1CC1. The molecule has 3 aliphatic rings. The molecule has 8 nitrogen and oxygen atoms in total. The van der Waals surface area contributed by atoms with Crippen LogP contribution in [0, 0.1) is 5.92 Å². The van der Waals surface area contributed by atoms with E-state index in [1.807, 2.05) is 42.5 Å². The van der Waals surface area contributed by atoms with Crippen molar-refractivity contribution >= 4 is 32.6 Å². The second-order valence-electron chi connectivity index (χ2n) is 9.41. The Morgan fingerprint density at radius 2 is 1.85 bits per heavy atom. The first kappa shape index (κ1) is 22.1. The molecule has 0 unspecified atom stereocenters. The number of β-amino-alcohol motifs (C(OH)–C–C–N with tert-alkyl or cyclic N) is 1. The van der Waals surface area contributed by atoms with E-state index >= 15 is 0 Å². The van der Waals surface area contributed by atoms with E-state index in [2.05, 4.69) is 21.9 Å². The van der Waals surface area contributed by atoms with Crippen molar-refractivity contribution in [3.8, 4) is 0 Å². The molecule has 2 aromatic carbocycles. The van der Waals surface area contributed by atoms with E-state index in [9.17, 15) is 23.1 Å². The van der Waals surface area contributed by atoms with Gasteiger partial charge in [-0.3, -0.25) is 14.3 Å². The summed E-state index contributed by atoms with van der Waals surface area (Å²) >= 11 is 0. The summed E-state index contributed by atoms with van der Waals surface area (Å²) < 4.78 is 26.6. The van der Waals surface area contributed by atoms with E-state index in [4.69, 9.17) is 0 Å². The fraction of sp³-hybridized carbons (Fsp3) is 0.417. The Balaban J connectivity index is 1.30. The lowest BCUT2D eigenvalue weighted by atomic mass is 9.89. The normalized spacial score (nSPS) is 31.2. The first-order valence-corrected chi connectivity index (χ1v) is 12.7. The molecule has 2 amide bonds. The summed E-state index contributed by atoms with van der Waals surface area (Å²) in [5, 5.41) is 18.6. The number of amides is 2. The molecule has 2 aromatic rings. The van der Waals surface area contributed by atoms with Crippen molar-refractivity contribution in [3.05, 3.63) is 60.7 Å². The first-order chi connectivity index (χ1) is 15.7. The minimum absolute atomic E-state index is 0.133. The fourth-order valence-electron chi connectivity index (χ4n) is 4.68. The summed E-state index contributed by atoms with van der Waals surface area (Å²) in [6, 6.07) is 12.8. The quantitative estimate of drug-likeness (QED) is 0.450. The van der Waals surface area contributed by atoms with Gasteiger partial charge in [0.1, 0.15) is 11.1 Å². The zero-order valence-corrected chi connectivity index (χ0v) is 18.9. The Hall–Kier alpha value is -2.75. The predicted octanol–water partition coefficient (Wildman–Crippen LogP) is 1.06. The van der Waals surface area contributed by atoms with Gasteiger partial charge in [-0.1, -0.05) is 42.5 Å². The number of carbonyl (C=O) groups is 2. The maximum atomic E-state index is 13.1. The number of fused-ring (bicyclic) bond motifs is 1. The van der Waals surface area contributed by atoms with E-state index in [1.54, 1.807) is 6.08 Å². The molecule has 174 valence electrons. The van der Waals surface area contributed by atoms with Crippen LogP contribution < -0.4 is 15.4 Å². The maximum absolute atomic E-state index is 13.1. The molecule has 0 spiro atoms. The number of hydrogen-bond acceptors (Lipinski definition) is 6. The Morgan fingerprint density at radius 3 is 2.52 bits per heavy atom. The summed E-state index contributed by atoms with van der Waals surface area (Å²) in [6.07, 6.45) is 3.04. The maximum Gasteiger partial charge on any atom is 0.259 e. The second-order valence-corrected chi connectivity index (χ2v) is 11.4. The van der Waals surface area contributed by atoms with Crippen LogP contribution in [0.1, 0.15) is 31.2 Å². The monoisotopic (exact) mass is 469 g/mol. The van der Waals surface area contributed by atoms with Crippen LogP contribution in [0.15, 0.2) is 55.1 Å². The number of hydrogen-bond donors (Lipinski definition) is 4. The summed E-state index contributed by atoms with van der Waals surface area (Å²) in [5.74, 6) is -1.53. The lowest BCUT2D eigenvalue weighted by molar-refractivity contribution is -0.130. The summed E-state index contributed by atoms with van der Waals surface area (Å²) in [6.45, 7) is 3.88. The molecule has 0 aromatic heterocycles. The predicted molar refractivity (Wildman–Crippen MR) is 124 cm³/mol. The van der Waals surface area contributed by atoms with Gasteiger partial charge in [-0.05, 0) is 41.7 Å². The van der Waals surface area contributed by atoms with Gasteiger partial charge in [0, 0.05) is 18.9 Å². The van der Waals surface area contributed by atoms with Gasteiger partial charge >= 0.3 is 0 Å². The second kappa shape index (κ2) is 7.65. The Bertz CT molecular complexity index is 1260. The van der Waals surface area contributed by atoms with Crippen LogP contribution in [0.2, 0.25) is 0 Å². The van der Waals surface area contributed by atoms with E-state index in [0.717, 1.165) is 10.8 Å². The van der Waals surface area contributed by atoms with Crippen LogP contribution in [0.25, 0.3) is 10.8 Å². The van der Waals surface area contributed by atoms with E-state index in [-0.39, 0.29) is 25.3 Å². The largest absolute Gasteiger partial charge is 0.384 e. The zero-order valence-electron chi connectivity index (χ0n) is 18.1. The van der Waals surface area contributed by atoms with Gasteiger partial charge in [-0.25, -0.2) is 8.42 Å². The molecule has 0 radical (unpaired) electrons. The molecule has 1 heterocycles. The van der Waals surface area contributed by atoms with Gasteiger partial charge in [-0.15, -0.1) is 6.58 Å². The highest BCUT2D eigenvalue weighted by Gasteiger charge is 2.61. The van der Waals surface area contributed by atoms with Crippen LogP contribution in [0.4, 0.5) is 0 Å². The highest BCUT2D eigenvalue weighted by molar-refractivity contribution is 7.91. The standard InChI is InChI=1S/C24H27N3O5S/c1-2-17-12-24(17,22(29)27-33(31,32)19-9-10-19)26-21(28)20-13-23(30,14-25-20)18-8-7-15-5-3-4-6-16(15)11-18/h2-8,11,17,19-20,25,30H,1,9-10,12-14H2,(H,26,28)(H,27,29)/t17-,20+,23+,24-/m1/s1. The van der Waals surface area contributed by atoms with Crippen LogP contribution in [0.5, 0.6) is 0 Å². The molecule has 4 atom stereocenters. The van der Waals surface area contributed by atoms with Crippen LogP contribution >= 0.6 is 0 Å². The van der Waals surface area contributed by atoms with Gasteiger partial charge in [0.05, 0.1) is 11.3 Å². The van der Waals surface area contributed by atoms with Crippen LogP contribution in [0.3, 0.4) is 0 Å².